The number of carbonyl (C=O) groups excluding carboxylic acids is 1. The zero-order valence-electron chi connectivity index (χ0n) is 20.9. The molecule has 35 heavy (non-hydrogen) atoms. The standard InChI is InChI=1S/C28H34N4O3/c1-16-23-7-8-24(35-23)17(2)28(16,34)19-5-6-22(32-26(33)25-30-15-20(14-29)31-25)21(13-19)18-9-11-27(3,4)12-10-18/h5-6,9,13,15-17,23-24,34H,7-8,10-12H2,1-4H3,(H,30,31)(H,32,33)/t16-,17+,23+,24-,28?. The lowest BCUT2D eigenvalue weighted by Gasteiger charge is -2.47. The van der Waals surface area contributed by atoms with Crippen LogP contribution >= 0.6 is 0 Å². The van der Waals surface area contributed by atoms with Gasteiger partial charge >= 0.3 is 0 Å². The molecule has 1 aliphatic carbocycles. The Labute approximate surface area is 206 Å². The van der Waals surface area contributed by atoms with Crippen molar-refractivity contribution in [2.75, 3.05) is 5.32 Å². The third kappa shape index (κ3) is 4.09. The van der Waals surface area contributed by atoms with E-state index in [1.807, 2.05) is 18.2 Å². The van der Waals surface area contributed by atoms with Gasteiger partial charge in [0.1, 0.15) is 11.8 Å². The number of hydrogen-bond acceptors (Lipinski definition) is 5. The van der Waals surface area contributed by atoms with Crippen molar-refractivity contribution in [2.45, 2.75) is 77.6 Å². The van der Waals surface area contributed by atoms with Gasteiger partial charge in [0.05, 0.1) is 24.0 Å². The molecular weight excluding hydrogens is 440 g/mol. The van der Waals surface area contributed by atoms with Gasteiger partial charge in [0.25, 0.3) is 5.91 Å². The van der Waals surface area contributed by atoms with Gasteiger partial charge in [0, 0.05) is 23.1 Å². The largest absolute Gasteiger partial charge is 0.384 e. The number of rotatable bonds is 4. The van der Waals surface area contributed by atoms with Crippen LogP contribution in [0.4, 0.5) is 5.69 Å². The lowest BCUT2D eigenvalue weighted by molar-refractivity contribution is -0.194. The van der Waals surface area contributed by atoms with Crippen molar-refractivity contribution in [1.82, 2.24) is 9.97 Å². The number of carbonyl (C=O) groups is 1. The first-order valence-corrected chi connectivity index (χ1v) is 12.6. The molecular formula is C28H34N4O3. The van der Waals surface area contributed by atoms with E-state index >= 15 is 0 Å². The average Bonchev–Trinajstić information content (AvgIpc) is 3.51. The zero-order chi connectivity index (χ0) is 25.0. The summed E-state index contributed by atoms with van der Waals surface area (Å²) in [5, 5.41) is 24.2. The van der Waals surface area contributed by atoms with Crippen LogP contribution in [-0.4, -0.2) is 33.2 Å². The number of aromatic nitrogens is 2. The maximum Gasteiger partial charge on any atom is 0.291 e. The van der Waals surface area contributed by atoms with E-state index in [4.69, 9.17) is 10.00 Å². The van der Waals surface area contributed by atoms with Gasteiger partial charge in [-0.1, -0.05) is 39.8 Å². The first kappa shape index (κ1) is 23.8. The van der Waals surface area contributed by atoms with Crippen LogP contribution in [0.1, 0.15) is 87.2 Å². The van der Waals surface area contributed by atoms with Crippen LogP contribution < -0.4 is 5.32 Å². The van der Waals surface area contributed by atoms with E-state index < -0.39 is 11.5 Å². The summed E-state index contributed by atoms with van der Waals surface area (Å²) in [6, 6.07) is 7.86. The molecule has 0 saturated carbocycles. The van der Waals surface area contributed by atoms with Crippen LogP contribution in [0.15, 0.2) is 30.5 Å². The number of fused-ring (bicyclic) bond motifs is 2. The molecule has 1 unspecified atom stereocenters. The molecule has 2 saturated heterocycles. The minimum Gasteiger partial charge on any atom is -0.384 e. The van der Waals surface area contributed by atoms with E-state index in [1.165, 1.54) is 11.8 Å². The highest BCUT2D eigenvalue weighted by molar-refractivity contribution is 6.03. The molecule has 2 fully saturated rings. The summed E-state index contributed by atoms with van der Waals surface area (Å²) in [5.74, 6) is -0.369. The van der Waals surface area contributed by atoms with Crippen LogP contribution in [0.3, 0.4) is 0 Å². The molecule has 3 N–H and O–H groups in total. The van der Waals surface area contributed by atoms with Crippen molar-refractivity contribution in [1.29, 1.82) is 5.26 Å². The van der Waals surface area contributed by atoms with Gasteiger partial charge in [0.15, 0.2) is 5.82 Å². The topological polar surface area (TPSA) is 111 Å². The summed E-state index contributed by atoms with van der Waals surface area (Å²) in [5.41, 5.74) is 3.15. The van der Waals surface area contributed by atoms with Crippen LogP contribution in [0.2, 0.25) is 0 Å². The predicted molar refractivity (Wildman–Crippen MR) is 133 cm³/mol. The smallest absolute Gasteiger partial charge is 0.291 e. The molecule has 1 aromatic heterocycles. The molecule has 7 heteroatoms. The van der Waals surface area contributed by atoms with Gasteiger partial charge < -0.3 is 20.1 Å². The lowest BCUT2D eigenvalue weighted by atomic mass is 9.69. The molecule has 3 heterocycles. The van der Waals surface area contributed by atoms with Gasteiger partial charge in [-0.25, -0.2) is 4.98 Å². The number of imidazole rings is 1. The predicted octanol–water partition coefficient (Wildman–Crippen LogP) is 5.15. The van der Waals surface area contributed by atoms with E-state index in [1.54, 1.807) is 0 Å². The zero-order valence-corrected chi connectivity index (χ0v) is 20.9. The van der Waals surface area contributed by atoms with E-state index in [0.29, 0.717) is 5.69 Å². The maximum absolute atomic E-state index is 12.9. The molecule has 5 atom stereocenters. The van der Waals surface area contributed by atoms with Crippen molar-refractivity contribution < 1.29 is 14.6 Å². The second-order valence-electron chi connectivity index (χ2n) is 11.3. The maximum atomic E-state index is 12.9. The molecule has 5 rings (SSSR count). The quantitative estimate of drug-likeness (QED) is 0.568. The van der Waals surface area contributed by atoms with Crippen molar-refractivity contribution in [3.8, 4) is 6.07 Å². The van der Waals surface area contributed by atoms with Gasteiger partial charge in [0.2, 0.25) is 0 Å². The molecule has 3 aliphatic rings. The third-order valence-electron chi connectivity index (χ3n) is 8.55. The number of allylic oxidation sites excluding steroid dienone is 2. The third-order valence-corrected chi connectivity index (χ3v) is 8.55. The van der Waals surface area contributed by atoms with Crippen molar-refractivity contribution in [3.05, 3.63) is 53.1 Å². The number of aliphatic hydroxyl groups is 1. The summed E-state index contributed by atoms with van der Waals surface area (Å²) in [7, 11) is 0. The van der Waals surface area contributed by atoms with Crippen LogP contribution in [0.5, 0.6) is 0 Å². The number of anilines is 1. The molecule has 184 valence electrons. The summed E-state index contributed by atoms with van der Waals surface area (Å²) in [4.78, 5) is 19.7. The number of nitrogens with one attached hydrogen (secondary N) is 2. The highest BCUT2D eigenvalue weighted by Gasteiger charge is 2.55. The summed E-state index contributed by atoms with van der Waals surface area (Å²) in [6.45, 7) is 8.72. The fourth-order valence-electron chi connectivity index (χ4n) is 6.10. The fraction of sp³-hybridized carbons (Fsp3) is 0.536. The highest BCUT2D eigenvalue weighted by Crippen LogP contribution is 2.52. The Kier molecular flexibility index (Phi) is 5.85. The Hall–Kier alpha value is -2.95. The van der Waals surface area contributed by atoms with E-state index in [-0.39, 0.29) is 41.0 Å². The summed E-state index contributed by atoms with van der Waals surface area (Å²) < 4.78 is 6.18. The second kappa shape index (κ2) is 8.61. The fourth-order valence-corrected chi connectivity index (χ4v) is 6.10. The molecule has 2 aromatic rings. The summed E-state index contributed by atoms with van der Waals surface area (Å²) >= 11 is 0. The Morgan fingerprint density at radius 2 is 1.97 bits per heavy atom. The number of hydrogen-bond donors (Lipinski definition) is 3. The van der Waals surface area contributed by atoms with Gasteiger partial charge in [-0.3, -0.25) is 4.79 Å². The SMILES string of the molecule is C[C@@H]1[C@@H]2CC[C@@H](O2)[C@H](C)C1(O)c1ccc(NC(=O)c2ncc(C#N)[nH]2)c(C2=CCC(C)(C)CC2)c1. The molecule has 0 radical (unpaired) electrons. The molecule has 2 bridgehead atoms. The number of ether oxygens (including phenoxy) is 1. The monoisotopic (exact) mass is 474 g/mol. The molecule has 0 spiro atoms. The number of nitrogens with zero attached hydrogens (tertiary/aromatic N) is 2. The van der Waals surface area contributed by atoms with Crippen molar-refractivity contribution in [3.63, 3.8) is 0 Å². The van der Waals surface area contributed by atoms with Crippen LogP contribution in [0, 0.1) is 28.6 Å². The molecule has 1 amide bonds. The Bertz CT molecular complexity index is 1210. The molecule has 1 aromatic carbocycles. The van der Waals surface area contributed by atoms with Crippen LogP contribution in [0.25, 0.3) is 5.57 Å². The first-order valence-electron chi connectivity index (χ1n) is 12.6. The Balaban J connectivity index is 1.54. The van der Waals surface area contributed by atoms with Gasteiger partial charge in [-0.15, -0.1) is 0 Å². The van der Waals surface area contributed by atoms with E-state index in [2.05, 4.69) is 55.1 Å². The number of nitriles is 1. The number of benzene rings is 1. The average molecular weight is 475 g/mol. The summed E-state index contributed by atoms with van der Waals surface area (Å²) in [6.07, 6.45) is 8.61. The first-order chi connectivity index (χ1) is 16.6. The Morgan fingerprint density at radius 1 is 1.26 bits per heavy atom. The number of amides is 1. The van der Waals surface area contributed by atoms with Gasteiger partial charge in [-0.2, -0.15) is 5.26 Å². The van der Waals surface area contributed by atoms with Gasteiger partial charge in [-0.05, 0) is 60.8 Å². The van der Waals surface area contributed by atoms with Crippen molar-refractivity contribution >= 4 is 17.2 Å². The van der Waals surface area contributed by atoms with Crippen molar-refractivity contribution in [2.24, 2.45) is 17.3 Å². The minimum absolute atomic E-state index is 0.0312. The number of aromatic amines is 1. The normalized spacial score (nSPS) is 31.5. The second-order valence-corrected chi connectivity index (χ2v) is 11.3. The minimum atomic E-state index is -1.00. The highest BCUT2D eigenvalue weighted by atomic mass is 16.5. The van der Waals surface area contributed by atoms with Crippen LogP contribution in [-0.2, 0) is 10.3 Å². The molecule has 7 nitrogen and oxygen atoms in total. The number of H-pyrrole nitrogens is 1. The molecule has 2 aliphatic heterocycles. The van der Waals surface area contributed by atoms with E-state index in [0.717, 1.165) is 43.2 Å². The Morgan fingerprint density at radius 3 is 2.57 bits per heavy atom. The van der Waals surface area contributed by atoms with E-state index in [9.17, 15) is 9.90 Å². The lowest BCUT2D eigenvalue weighted by Crippen LogP contribution is -2.52.